The monoisotopic (exact) mass is 380 g/mol. The number of nitrogens with zero attached hydrogens (tertiary/aromatic N) is 1. The number of hydrazone groups is 1. The Morgan fingerprint density at radius 1 is 0.926 bits per heavy atom. The maximum absolute atomic E-state index is 6.00. The van der Waals surface area contributed by atoms with Gasteiger partial charge in [-0.2, -0.15) is 5.10 Å². The molecule has 27 heavy (non-hydrogen) atoms. The molecule has 0 spiro atoms. The molecule has 3 aromatic rings. The van der Waals surface area contributed by atoms with E-state index in [-0.39, 0.29) is 0 Å². The Morgan fingerprint density at radius 2 is 1.74 bits per heavy atom. The van der Waals surface area contributed by atoms with E-state index >= 15 is 0 Å². The van der Waals surface area contributed by atoms with Crippen LogP contribution in [0.15, 0.2) is 77.9 Å². The molecule has 0 saturated heterocycles. The van der Waals surface area contributed by atoms with E-state index in [1.165, 1.54) is 5.56 Å². The number of hydrogen-bond acceptors (Lipinski definition) is 4. The number of rotatable bonds is 8. The summed E-state index contributed by atoms with van der Waals surface area (Å²) in [6.07, 6.45) is 1.76. The smallest absolute Gasteiger partial charge is 0.161 e. The van der Waals surface area contributed by atoms with Crippen molar-refractivity contribution in [3.05, 3.63) is 94.5 Å². The topological polar surface area (TPSA) is 42.8 Å². The highest BCUT2D eigenvalue weighted by Gasteiger charge is 2.06. The van der Waals surface area contributed by atoms with Crippen molar-refractivity contribution in [1.29, 1.82) is 0 Å². The van der Waals surface area contributed by atoms with Gasteiger partial charge in [-0.15, -0.1) is 0 Å². The Hall–Kier alpha value is -2.98. The largest absolute Gasteiger partial charge is 0.493 e. The molecule has 0 bridgehead atoms. The molecule has 4 nitrogen and oxygen atoms in total. The molecule has 0 fully saturated rings. The third kappa shape index (κ3) is 5.76. The summed E-state index contributed by atoms with van der Waals surface area (Å²) in [4.78, 5) is 0. The van der Waals surface area contributed by atoms with E-state index in [2.05, 4.69) is 22.7 Å². The first-order valence-electron chi connectivity index (χ1n) is 8.60. The number of benzene rings is 3. The van der Waals surface area contributed by atoms with Crippen molar-refractivity contribution < 1.29 is 9.47 Å². The molecule has 5 heteroatoms. The van der Waals surface area contributed by atoms with Crippen LogP contribution < -0.4 is 14.9 Å². The van der Waals surface area contributed by atoms with Gasteiger partial charge in [0.15, 0.2) is 11.5 Å². The molecule has 0 unspecified atom stereocenters. The van der Waals surface area contributed by atoms with Gasteiger partial charge in [0.25, 0.3) is 0 Å². The molecule has 138 valence electrons. The zero-order chi connectivity index (χ0) is 18.9. The molecule has 0 heterocycles. The Kier molecular flexibility index (Phi) is 6.72. The molecule has 3 rings (SSSR count). The first-order valence-corrected chi connectivity index (χ1v) is 8.97. The molecule has 0 saturated carbocycles. The van der Waals surface area contributed by atoms with Gasteiger partial charge in [-0.3, -0.25) is 0 Å². The average molecular weight is 381 g/mol. The van der Waals surface area contributed by atoms with Crippen molar-refractivity contribution in [2.24, 2.45) is 5.10 Å². The van der Waals surface area contributed by atoms with Crippen LogP contribution in [0.1, 0.15) is 16.7 Å². The van der Waals surface area contributed by atoms with Crippen LogP contribution in [-0.4, -0.2) is 13.3 Å². The van der Waals surface area contributed by atoms with Gasteiger partial charge in [0.1, 0.15) is 6.61 Å². The molecule has 0 atom stereocenters. The zero-order valence-corrected chi connectivity index (χ0v) is 15.8. The third-order valence-electron chi connectivity index (χ3n) is 3.90. The van der Waals surface area contributed by atoms with Crippen LogP contribution in [-0.2, 0) is 13.2 Å². The first-order chi connectivity index (χ1) is 13.2. The van der Waals surface area contributed by atoms with Gasteiger partial charge in [0.05, 0.1) is 19.9 Å². The summed E-state index contributed by atoms with van der Waals surface area (Å²) in [6, 6.07) is 23.4. The van der Waals surface area contributed by atoms with Crippen LogP contribution in [0.25, 0.3) is 0 Å². The van der Waals surface area contributed by atoms with E-state index in [0.29, 0.717) is 29.7 Å². The van der Waals surface area contributed by atoms with Crippen LogP contribution in [0.5, 0.6) is 11.5 Å². The normalized spacial score (nSPS) is 10.7. The fourth-order valence-electron chi connectivity index (χ4n) is 2.52. The minimum atomic E-state index is 0.420. The Labute approximate surface area is 164 Å². The van der Waals surface area contributed by atoms with Crippen molar-refractivity contribution in [3.8, 4) is 11.5 Å². The second-order valence-electron chi connectivity index (χ2n) is 5.91. The molecule has 0 aromatic heterocycles. The van der Waals surface area contributed by atoms with E-state index in [1.807, 2.05) is 60.7 Å². The summed E-state index contributed by atoms with van der Waals surface area (Å²) in [6.45, 7) is 1.10. The predicted octanol–water partition coefficient (Wildman–Crippen LogP) is 5.05. The summed E-state index contributed by atoms with van der Waals surface area (Å²) < 4.78 is 11.3. The van der Waals surface area contributed by atoms with E-state index < -0.39 is 0 Å². The highest BCUT2D eigenvalue weighted by Crippen LogP contribution is 2.28. The highest BCUT2D eigenvalue weighted by atomic mass is 35.5. The van der Waals surface area contributed by atoms with Crippen molar-refractivity contribution in [3.63, 3.8) is 0 Å². The maximum atomic E-state index is 6.00. The van der Waals surface area contributed by atoms with Gasteiger partial charge in [-0.25, -0.2) is 0 Å². The molecular weight excluding hydrogens is 360 g/mol. The van der Waals surface area contributed by atoms with Crippen LogP contribution in [0.3, 0.4) is 0 Å². The summed E-state index contributed by atoms with van der Waals surface area (Å²) in [5.41, 5.74) is 6.14. The predicted molar refractivity (Wildman–Crippen MR) is 110 cm³/mol. The zero-order valence-electron chi connectivity index (χ0n) is 15.1. The fourth-order valence-corrected chi connectivity index (χ4v) is 2.74. The lowest BCUT2D eigenvalue weighted by atomic mass is 10.2. The number of ether oxygens (including phenoxy) is 2. The van der Waals surface area contributed by atoms with Crippen LogP contribution in [0.2, 0.25) is 5.02 Å². The highest BCUT2D eigenvalue weighted by molar-refractivity contribution is 6.30. The first kappa shape index (κ1) is 18.8. The molecule has 0 radical (unpaired) electrons. The van der Waals surface area contributed by atoms with Crippen molar-refractivity contribution in [2.75, 3.05) is 7.11 Å². The average Bonchev–Trinajstić information content (AvgIpc) is 2.71. The van der Waals surface area contributed by atoms with Crippen molar-refractivity contribution >= 4 is 17.8 Å². The van der Waals surface area contributed by atoms with Gasteiger partial charge in [0.2, 0.25) is 0 Å². The molecule has 0 aliphatic rings. The summed E-state index contributed by atoms with van der Waals surface area (Å²) in [5, 5.41) is 4.95. The van der Waals surface area contributed by atoms with E-state index in [1.54, 1.807) is 13.3 Å². The van der Waals surface area contributed by atoms with Gasteiger partial charge < -0.3 is 14.9 Å². The number of halogens is 1. The van der Waals surface area contributed by atoms with Gasteiger partial charge in [-0.1, -0.05) is 54.1 Å². The lowest BCUT2D eigenvalue weighted by molar-refractivity contribution is 0.284. The molecular formula is C22H21ClN2O2. The Balaban J connectivity index is 1.59. The second-order valence-corrected chi connectivity index (χ2v) is 6.34. The van der Waals surface area contributed by atoms with E-state index in [0.717, 1.165) is 11.1 Å². The lowest BCUT2D eigenvalue weighted by Gasteiger charge is -2.11. The fraction of sp³-hybridized carbons (Fsp3) is 0.136. The molecule has 1 N–H and O–H groups in total. The SMILES string of the molecule is COc1cc(C=NNCc2ccccc2)ccc1OCc1cccc(Cl)c1. The third-order valence-corrected chi connectivity index (χ3v) is 4.14. The van der Waals surface area contributed by atoms with Gasteiger partial charge in [-0.05, 0) is 47.0 Å². The van der Waals surface area contributed by atoms with Crippen molar-refractivity contribution in [2.45, 2.75) is 13.2 Å². The lowest BCUT2D eigenvalue weighted by Crippen LogP contribution is -2.05. The number of hydrogen-bond donors (Lipinski definition) is 1. The Bertz CT molecular complexity index is 898. The molecule has 3 aromatic carbocycles. The maximum Gasteiger partial charge on any atom is 0.161 e. The van der Waals surface area contributed by atoms with Gasteiger partial charge in [0, 0.05) is 5.02 Å². The standard InChI is InChI=1S/C22H21ClN2O2/c1-26-22-13-18(15-25-24-14-17-6-3-2-4-7-17)10-11-21(22)27-16-19-8-5-9-20(23)12-19/h2-13,15,24H,14,16H2,1H3. The summed E-state index contributed by atoms with van der Waals surface area (Å²) >= 11 is 6.00. The minimum absolute atomic E-state index is 0.420. The van der Waals surface area contributed by atoms with Gasteiger partial charge >= 0.3 is 0 Å². The molecule has 0 aliphatic heterocycles. The minimum Gasteiger partial charge on any atom is -0.493 e. The second kappa shape index (κ2) is 9.64. The van der Waals surface area contributed by atoms with Crippen LogP contribution >= 0.6 is 11.6 Å². The quantitative estimate of drug-likeness (QED) is 0.439. The number of methoxy groups -OCH3 is 1. The summed E-state index contributed by atoms with van der Waals surface area (Å²) in [5.74, 6) is 1.33. The molecule has 0 amide bonds. The molecule has 0 aliphatic carbocycles. The summed E-state index contributed by atoms with van der Waals surface area (Å²) in [7, 11) is 1.62. The van der Waals surface area contributed by atoms with Crippen LogP contribution in [0.4, 0.5) is 0 Å². The van der Waals surface area contributed by atoms with Crippen LogP contribution in [0, 0.1) is 0 Å². The van der Waals surface area contributed by atoms with Crippen molar-refractivity contribution in [1.82, 2.24) is 5.43 Å². The van der Waals surface area contributed by atoms with E-state index in [4.69, 9.17) is 21.1 Å². The van der Waals surface area contributed by atoms with E-state index in [9.17, 15) is 0 Å². The Morgan fingerprint density at radius 3 is 2.52 bits per heavy atom. The number of nitrogens with one attached hydrogen (secondary N) is 1.